The SMILES string of the molecule is N#Cc1cccc(CC2C=C(O)CCC2=O)c1. The first-order valence-electron chi connectivity index (χ1n) is 5.60. The molecule has 0 fully saturated rings. The molecule has 0 amide bonds. The zero-order valence-corrected chi connectivity index (χ0v) is 9.39. The molecule has 1 aromatic rings. The molecular weight excluding hydrogens is 214 g/mol. The number of Topliss-reactive ketones (excluding diaryl/α,β-unsaturated/α-hetero) is 1. The van der Waals surface area contributed by atoms with Crippen LogP contribution in [0.15, 0.2) is 36.1 Å². The first-order chi connectivity index (χ1) is 8.19. The standard InChI is InChI=1S/C14H13NO2/c15-9-11-3-1-2-10(6-11)7-12-8-13(16)4-5-14(12)17/h1-3,6,8,12,16H,4-5,7H2. The van der Waals surface area contributed by atoms with Gasteiger partial charge < -0.3 is 5.11 Å². The number of carbonyl (C=O) groups is 1. The van der Waals surface area contributed by atoms with E-state index in [1.165, 1.54) is 0 Å². The number of carbonyl (C=O) groups excluding carboxylic acids is 1. The van der Waals surface area contributed by atoms with Gasteiger partial charge in [-0.3, -0.25) is 4.79 Å². The van der Waals surface area contributed by atoms with Crippen LogP contribution >= 0.6 is 0 Å². The topological polar surface area (TPSA) is 61.1 Å². The van der Waals surface area contributed by atoms with Crippen LogP contribution in [0, 0.1) is 17.2 Å². The summed E-state index contributed by atoms with van der Waals surface area (Å²) in [6.45, 7) is 0. The molecule has 1 aliphatic rings. The molecular formula is C14H13NO2. The summed E-state index contributed by atoms with van der Waals surface area (Å²) in [5, 5.41) is 18.2. The van der Waals surface area contributed by atoms with Gasteiger partial charge in [0.25, 0.3) is 0 Å². The number of nitriles is 1. The lowest BCUT2D eigenvalue weighted by Crippen LogP contribution is -2.19. The maximum atomic E-state index is 11.7. The Labute approximate surface area is 100 Å². The molecule has 0 bridgehead atoms. The molecule has 0 radical (unpaired) electrons. The summed E-state index contributed by atoms with van der Waals surface area (Å²) in [4.78, 5) is 11.7. The Morgan fingerprint density at radius 2 is 2.24 bits per heavy atom. The molecule has 1 atom stereocenters. The molecule has 86 valence electrons. The highest BCUT2D eigenvalue weighted by Gasteiger charge is 2.21. The predicted octanol–water partition coefficient (Wildman–Crippen LogP) is 2.52. The molecule has 2 rings (SSSR count). The van der Waals surface area contributed by atoms with E-state index in [2.05, 4.69) is 6.07 Å². The van der Waals surface area contributed by atoms with Crippen molar-refractivity contribution < 1.29 is 9.90 Å². The van der Waals surface area contributed by atoms with E-state index in [0.29, 0.717) is 30.6 Å². The van der Waals surface area contributed by atoms with Gasteiger partial charge in [-0.1, -0.05) is 12.1 Å². The molecule has 1 unspecified atom stereocenters. The van der Waals surface area contributed by atoms with Crippen LogP contribution in [0.3, 0.4) is 0 Å². The normalized spacial score (nSPS) is 19.6. The number of hydrogen-bond donors (Lipinski definition) is 1. The van der Waals surface area contributed by atoms with Crippen molar-refractivity contribution in [2.24, 2.45) is 5.92 Å². The van der Waals surface area contributed by atoms with Gasteiger partial charge in [0.2, 0.25) is 0 Å². The maximum Gasteiger partial charge on any atom is 0.140 e. The van der Waals surface area contributed by atoms with Gasteiger partial charge in [-0.25, -0.2) is 0 Å². The number of rotatable bonds is 2. The summed E-state index contributed by atoms with van der Waals surface area (Å²) >= 11 is 0. The van der Waals surface area contributed by atoms with Gasteiger partial charge in [-0.05, 0) is 30.2 Å². The molecule has 1 N–H and O–H groups in total. The van der Waals surface area contributed by atoms with E-state index in [4.69, 9.17) is 5.26 Å². The van der Waals surface area contributed by atoms with E-state index in [1.54, 1.807) is 18.2 Å². The third-order valence-electron chi connectivity index (χ3n) is 2.95. The van der Waals surface area contributed by atoms with Crippen molar-refractivity contribution >= 4 is 5.78 Å². The minimum atomic E-state index is -0.252. The number of hydrogen-bond acceptors (Lipinski definition) is 3. The smallest absolute Gasteiger partial charge is 0.140 e. The van der Waals surface area contributed by atoms with E-state index < -0.39 is 0 Å². The van der Waals surface area contributed by atoms with Crippen LogP contribution in [0.5, 0.6) is 0 Å². The summed E-state index contributed by atoms with van der Waals surface area (Å²) in [5.74, 6) is 0.203. The Kier molecular flexibility index (Phi) is 3.24. The van der Waals surface area contributed by atoms with Gasteiger partial charge in [0, 0.05) is 18.8 Å². The molecule has 3 nitrogen and oxygen atoms in total. The van der Waals surface area contributed by atoms with Crippen molar-refractivity contribution in [3.05, 3.63) is 47.2 Å². The average Bonchev–Trinajstić information content (AvgIpc) is 2.34. The highest BCUT2D eigenvalue weighted by atomic mass is 16.3. The Balaban J connectivity index is 2.17. The lowest BCUT2D eigenvalue weighted by molar-refractivity contribution is -0.122. The summed E-state index contributed by atoms with van der Waals surface area (Å²) in [7, 11) is 0. The largest absolute Gasteiger partial charge is 0.513 e. The molecule has 17 heavy (non-hydrogen) atoms. The number of nitrogens with zero attached hydrogens (tertiary/aromatic N) is 1. The average molecular weight is 227 g/mol. The number of aliphatic hydroxyl groups excluding tert-OH is 1. The van der Waals surface area contributed by atoms with E-state index in [1.807, 2.05) is 12.1 Å². The minimum Gasteiger partial charge on any atom is -0.513 e. The zero-order valence-electron chi connectivity index (χ0n) is 9.39. The molecule has 0 aliphatic heterocycles. The Bertz CT molecular complexity index is 511. The third kappa shape index (κ3) is 2.73. The van der Waals surface area contributed by atoms with Crippen LogP contribution in [0.2, 0.25) is 0 Å². The summed E-state index contributed by atoms with van der Waals surface area (Å²) < 4.78 is 0. The minimum absolute atomic E-state index is 0.158. The number of benzene rings is 1. The van der Waals surface area contributed by atoms with Crippen molar-refractivity contribution in [3.63, 3.8) is 0 Å². The van der Waals surface area contributed by atoms with Crippen LogP contribution in [-0.2, 0) is 11.2 Å². The molecule has 0 heterocycles. The molecule has 1 aromatic carbocycles. The van der Waals surface area contributed by atoms with E-state index in [0.717, 1.165) is 5.56 Å². The van der Waals surface area contributed by atoms with Gasteiger partial charge >= 0.3 is 0 Å². The fraction of sp³-hybridized carbons (Fsp3) is 0.286. The number of aliphatic hydroxyl groups is 1. The van der Waals surface area contributed by atoms with Crippen LogP contribution in [0.1, 0.15) is 24.0 Å². The first kappa shape index (κ1) is 11.4. The first-order valence-corrected chi connectivity index (χ1v) is 5.60. The fourth-order valence-corrected chi connectivity index (χ4v) is 2.04. The van der Waals surface area contributed by atoms with E-state index in [9.17, 15) is 9.90 Å². The van der Waals surface area contributed by atoms with Crippen molar-refractivity contribution in [2.45, 2.75) is 19.3 Å². The van der Waals surface area contributed by atoms with Crippen LogP contribution in [-0.4, -0.2) is 10.9 Å². The summed E-state index contributed by atoms with van der Waals surface area (Å²) in [5.41, 5.74) is 1.55. The van der Waals surface area contributed by atoms with Gasteiger partial charge in [-0.2, -0.15) is 5.26 Å². The molecule has 0 saturated carbocycles. The van der Waals surface area contributed by atoms with Crippen molar-refractivity contribution in [1.82, 2.24) is 0 Å². The molecule has 0 spiro atoms. The van der Waals surface area contributed by atoms with Crippen molar-refractivity contribution in [2.75, 3.05) is 0 Å². The fourth-order valence-electron chi connectivity index (χ4n) is 2.04. The predicted molar refractivity (Wildman–Crippen MR) is 63.3 cm³/mol. The van der Waals surface area contributed by atoms with Crippen LogP contribution in [0.25, 0.3) is 0 Å². The van der Waals surface area contributed by atoms with Gasteiger partial charge in [-0.15, -0.1) is 0 Å². The Morgan fingerprint density at radius 3 is 3.00 bits per heavy atom. The van der Waals surface area contributed by atoms with E-state index >= 15 is 0 Å². The lowest BCUT2D eigenvalue weighted by Gasteiger charge is -2.17. The maximum absolute atomic E-state index is 11.7. The zero-order chi connectivity index (χ0) is 12.3. The molecule has 0 saturated heterocycles. The van der Waals surface area contributed by atoms with Crippen molar-refractivity contribution in [1.29, 1.82) is 5.26 Å². The van der Waals surface area contributed by atoms with Gasteiger partial charge in [0.05, 0.1) is 17.4 Å². The number of ketones is 1. The third-order valence-corrected chi connectivity index (χ3v) is 2.95. The molecule has 1 aliphatic carbocycles. The second-order valence-electron chi connectivity index (χ2n) is 4.25. The lowest BCUT2D eigenvalue weighted by atomic mass is 9.88. The van der Waals surface area contributed by atoms with Gasteiger partial charge in [0.15, 0.2) is 0 Å². The summed E-state index contributed by atoms with van der Waals surface area (Å²) in [6.07, 6.45) is 3.04. The second-order valence-corrected chi connectivity index (χ2v) is 4.25. The summed E-state index contributed by atoms with van der Waals surface area (Å²) in [6, 6.07) is 9.30. The highest BCUT2D eigenvalue weighted by Crippen LogP contribution is 2.22. The van der Waals surface area contributed by atoms with Crippen molar-refractivity contribution in [3.8, 4) is 6.07 Å². The molecule has 0 aromatic heterocycles. The quantitative estimate of drug-likeness (QED) is 0.844. The Hall–Kier alpha value is -2.08. The second kappa shape index (κ2) is 4.84. The highest BCUT2D eigenvalue weighted by molar-refractivity contribution is 5.84. The monoisotopic (exact) mass is 227 g/mol. The van der Waals surface area contributed by atoms with Gasteiger partial charge in [0.1, 0.15) is 5.78 Å². The van der Waals surface area contributed by atoms with E-state index in [-0.39, 0.29) is 11.7 Å². The molecule has 3 heteroatoms. The Morgan fingerprint density at radius 1 is 1.41 bits per heavy atom. The number of allylic oxidation sites excluding steroid dienone is 2. The van der Waals surface area contributed by atoms with Crippen LogP contribution in [0.4, 0.5) is 0 Å². The van der Waals surface area contributed by atoms with Crippen LogP contribution < -0.4 is 0 Å².